The van der Waals surface area contributed by atoms with E-state index in [2.05, 4.69) is 9.72 Å². The van der Waals surface area contributed by atoms with Crippen LogP contribution in [-0.4, -0.2) is 36.7 Å². The normalized spacial score (nSPS) is 10.9. The molecule has 0 bridgehead atoms. The first-order chi connectivity index (χ1) is 9.19. The van der Waals surface area contributed by atoms with Crippen molar-refractivity contribution in [2.45, 2.75) is 20.0 Å². The lowest BCUT2D eigenvalue weighted by atomic mass is 10.3. The van der Waals surface area contributed by atoms with Crippen LogP contribution in [0.3, 0.4) is 0 Å². The molecule has 0 saturated heterocycles. The van der Waals surface area contributed by atoms with E-state index in [1.807, 2.05) is 4.72 Å². The third kappa shape index (κ3) is 5.10. The third-order valence-corrected chi connectivity index (χ3v) is 2.74. The molecule has 0 unspecified atom stereocenters. The maximum absolute atomic E-state index is 11.5. The number of carboxylic acids is 1. The minimum atomic E-state index is -4.17. The van der Waals surface area contributed by atoms with Gasteiger partial charge in [0.15, 0.2) is 0 Å². The average Bonchev–Trinajstić information content (AvgIpc) is 2.26. The van der Waals surface area contributed by atoms with E-state index in [0.29, 0.717) is 0 Å². The Balaban J connectivity index is 2.71. The van der Waals surface area contributed by atoms with Gasteiger partial charge in [-0.3, -0.25) is 4.72 Å². The molecule has 0 spiro atoms. The smallest absolute Gasteiger partial charge is 0.422 e. The molecule has 0 aromatic carbocycles. The molecule has 0 saturated carbocycles. The van der Waals surface area contributed by atoms with Crippen molar-refractivity contribution in [2.75, 3.05) is 4.72 Å². The topological polar surface area (TPSA) is 135 Å². The summed E-state index contributed by atoms with van der Waals surface area (Å²) in [4.78, 5) is 25.2. The zero-order chi connectivity index (χ0) is 15.3. The predicted molar refractivity (Wildman–Crippen MR) is 68.5 cm³/mol. The largest absolute Gasteiger partial charge is 0.477 e. The van der Waals surface area contributed by atoms with Crippen LogP contribution >= 0.6 is 0 Å². The van der Waals surface area contributed by atoms with Gasteiger partial charge in [-0.25, -0.2) is 19.3 Å². The molecule has 1 rings (SSSR count). The van der Waals surface area contributed by atoms with Gasteiger partial charge >= 0.3 is 22.3 Å². The van der Waals surface area contributed by atoms with Crippen LogP contribution in [0, 0.1) is 0 Å². The summed E-state index contributed by atoms with van der Waals surface area (Å²) in [5.41, 5.74) is -0.236. The van der Waals surface area contributed by atoms with Crippen LogP contribution in [0.1, 0.15) is 24.3 Å². The number of nitrogens with one attached hydrogen (secondary N) is 2. The van der Waals surface area contributed by atoms with Crippen LogP contribution in [0.15, 0.2) is 18.3 Å². The second-order valence-corrected chi connectivity index (χ2v) is 5.31. The van der Waals surface area contributed by atoms with Crippen molar-refractivity contribution >= 4 is 28.0 Å². The summed E-state index contributed by atoms with van der Waals surface area (Å²) in [6, 6.07) is 2.32. The molecule has 0 radical (unpaired) electrons. The van der Waals surface area contributed by atoms with Gasteiger partial charge in [-0.2, -0.15) is 8.42 Å². The van der Waals surface area contributed by atoms with Gasteiger partial charge in [0.1, 0.15) is 5.69 Å². The van der Waals surface area contributed by atoms with Crippen molar-refractivity contribution < 1.29 is 27.9 Å². The lowest BCUT2D eigenvalue weighted by Crippen LogP contribution is -2.36. The average molecular weight is 303 g/mol. The molecule has 0 aliphatic heterocycles. The second-order valence-electron chi connectivity index (χ2n) is 3.90. The van der Waals surface area contributed by atoms with E-state index >= 15 is 0 Å². The summed E-state index contributed by atoms with van der Waals surface area (Å²) in [5.74, 6) is -1.24. The summed E-state index contributed by atoms with van der Waals surface area (Å²) in [6.45, 7) is 3.13. The number of carbonyl (C=O) groups excluding carboxylic acids is 1. The molecule has 110 valence electrons. The summed E-state index contributed by atoms with van der Waals surface area (Å²) in [5, 5.41) is 8.64. The van der Waals surface area contributed by atoms with E-state index in [-0.39, 0.29) is 11.4 Å². The van der Waals surface area contributed by atoms with Crippen molar-refractivity contribution in [1.29, 1.82) is 0 Å². The fraction of sp³-hybridized carbons (Fsp3) is 0.300. The number of amides is 1. The lowest BCUT2D eigenvalue weighted by Gasteiger charge is -2.11. The van der Waals surface area contributed by atoms with Crippen molar-refractivity contribution in [3.05, 3.63) is 24.0 Å². The fourth-order valence-electron chi connectivity index (χ4n) is 1.11. The number of hydrogen-bond donors (Lipinski definition) is 3. The van der Waals surface area contributed by atoms with Gasteiger partial charge < -0.3 is 9.84 Å². The first kappa shape index (κ1) is 15.7. The molecule has 1 aromatic rings. The second kappa shape index (κ2) is 6.19. The molecule has 0 atom stereocenters. The van der Waals surface area contributed by atoms with E-state index in [0.717, 1.165) is 12.3 Å². The first-order valence-corrected chi connectivity index (χ1v) is 6.88. The van der Waals surface area contributed by atoms with E-state index < -0.39 is 28.4 Å². The van der Waals surface area contributed by atoms with Gasteiger partial charge in [0.25, 0.3) is 0 Å². The van der Waals surface area contributed by atoms with Gasteiger partial charge in [0, 0.05) is 0 Å². The first-order valence-electron chi connectivity index (χ1n) is 5.40. The SMILES string of the molecule is CC(C)OC(=O)NS(=O)(=O)Nc1ccc(C(=O)O)nc1. The van der Waals surface area contributed by atoms with Gasteiger partial charge in [0.2, 0.25) is 0 Å². The van der Waals surface area contributed by atoms with Crippen LogP contribution in [0.5, 0.6) is 0 Å². The van der Waals surface area contributed by atoms with E-state index in [4.69, 9.17) is 5.11 Å². The Morgan fingerprint density at radius 1 is 1.35 bits per heavy atom. The van der Waals surface area contributed by atoms with Crippen molar-refractivity contribution in [3.63, 3.8) is 0 Å². The Morgan fingerprint density at radius 3 is 2.45 bits per heavy atom. The van der Waals surface area contributed by atoms with Crippen molar-refractivity contribution in [1.82, 2.24) is 9.71 Å². The number of hydrogen-bond acceptors (Lipinski definition) is 6. The van der Waals surface area contributed by atoms with Gasteiger partial charge in [-0.1, -0.05) is 0 Å². The quantitative estimate of drug-likeness (QED) is 0.723. The zero-order valence-electron chi connectivity index (χ0n) is 10.7. The number of carboxylic acid groups (broad SMARTS) is 1. The molecule has 1 amide bonds. The highest BCUT2D eigenvalue weighted by Gasteiger charge is 2.16. The highest BCUT2D eigenvalue weighted by atomic mass is 32.2. The number of carbonyl (C=O) groups is 2. The monoisotopic (exact) mass is 303 g/mol. The Kier molecular flexibility index (Phi) is 4.86. The number of aromatic nitrogens is 1. The number of rotatable bonds is 5. The van der Waals surface area contributed by atoms with Crippen LogP contribution in [0.4, 0.5) is 10.5 Å². The Labute approximate surface area is 115 Å². The Hall–Kier alpha value is -2.36. The van der Waals surface area contributed by atoms with E-state index in [1.165, 1.54) is 6.07 Å². The maximum Gasteiger partial charge on any atom is 0.422 e. The fourth-order valence-corrected chi connectivity index (χ4v) is 1.86. The standard InChI is InChI=1S/C10H13N3O6S/c1-6(2)19-10(16)13-20(17,18)12-7-3-4-8(9(14)15)11-5-7/h3-6,12H,1-2H3,(H,13,16)(H,14,15). The Morgan fingerprint density at radius 2 is 2.00 bits per heavy atom. The van der Waals surface area contributed by atoms with Crippen molar-refractivity contribution in [3.8, 4) is 0 Å². The maximum atomic E-state index is 11.5. The number of pyridine rings is 1. The van der Waals surface area contributed by atoms with E-state index in [9.17, 15) is 18.0 Å². The summed E-state index contributed by atoms with van der Waals surface area (Å²) >= 11 is 0. The van der Waals surface area contributed by atoms with Gasteiger partial charge in [0.05, 0.1) is 18.0 Å². The molecule has 10 heteroatoms. The molecular weight excluding hydrogens is 290 g/mol. The number of anilines is 1. The van der Waals surface area contributed by atoms with Gasteiger partial charge in [-0.05, 0) is 26.0 Å². The van der Waals surface area contributed by atoms with Crippen LogP contribution in [-0.2, 0) is 14.9 Å². The zero-order valence-corrected chi connectivity index (χ0v) is 11.5. The van der Waals surface area contributed by atoms with E-state index in [1.54, 1.807) is 18.6 Å². The van der Waals surface area contributed by atoms with Crippen LogP contribution in [0.2, 0.25) is 0 Å². The molecule has 0 aliphatic carbocycles. The van der Waals surface area contributed by atoms with Gasteiger partial charge in [-0.15, -0.1) is 0 Å². The molecule has 20 heavy (non-hydrogen) atoms. The van der Waals surface area contributed by atoms with Crippen LogP contribution in [0.25, 0.3) is 0 Å². The van der Waals surface area contributed by atoms with Crippen LogP contribution < -0.4 is 9.44 Å². The molecule has 9 nitrogen and oxygen atoms in total. The molecule has 3 N–H and O–H groups in total. The molecule has 0 aliphatic rings. The Bertz CT molecular complexity index is 596. The third-order valence-electron chi connectivity index (χ3n) is 1.80. The summed E-state index contributed by atoms with van der Waals surface area (Å²) < 4.78 is 31.3. The molecule has 1 aromatic heterocycles. The summed E-state index contributed by atoms with van der Waals surface area (Å²) in [7, 11) is -4.17. The predicted octanol–water partition coefficient (Wildman–Crippen LogP) is 0.571. The minimum Gasteiger partial charge on any atom is -0.477 e. The number of aromatic carboxylic acids is 1. The number of nitrogens with zero attached hydrogens (tertiary/aromatic N) is 1. The minimum absolute atomic E-state index is 0.000142. The highest BCUT2D eigenvalue weighted by molar-refractivity contribution is 7.91. The lowest BCUT2D eigenvalue weighted by molar-refractivity contribution is 0.0690. The molecule has 1 heterocycles. The highest BCUT2D eigenvalue weighted by Crippen LogP contribution is 2.08. The molecular formula is C10H13N3O6S. The van der Waals surface area contributed by atoms with Crippen molar-refractivity contribution in [2.24, 2.45) is 0 Å². The number of ether oxygens (including phenoxy) is 1. The molecule has 0 fully saturated rings. The summed E-state index contributed by atoms with van der Waals surface area (Å²) in [6.07, 6.45) is -0.583.